The van der Waals surface area contributed by atoms with Crippen molar-refractivity contribution in [1.29, 1.82) is 0 Å². The standard InChI is InChI=1S/C61H108NO8P/c1-3-5-7-9-11-13-15-17-19-20-21-22-23-24-25-26-27-28-29-30-31-32-33-34-35-36-37-38-40-42-44-46-48-50-52-54-61(64)70-59(58-69-71(65,66)68-56-55-62)57-67-60(63)53-51-49-47-45-43-41-39-18-16-14-12-10-8-6-4-2/h5-8,11-14,17-19,21-22,39,59H,3-4,9-10,15-16,20,23-38,40-58,62H2,1-2H3,(H,65,66)/b7-5-,8-6-,13-11-,14-12-,19-17-,22-21-,39-18-. The van der Waals surface area contributed by atoms with Gasteiger partial charge >= 0.3 is 19.8 Å². The third kappa shape index (κ3) is 56.3. The van der Waals surface area contributed by atoms with Gasteiger partial charge in [0.05, 0.1) is 13.2 Å². The van der Waals surface area contributed by atoms with Crippen molar-refractivity contribution in [2.75, 3.05) is 26.4 Å². The zero-order chi connectivity index (χ0) is 51.7. The van der Waals surface area contributed by atoms with Gasteiger partial charge in [0.25, 0.3) is 0 Å². The molecule has 10 heteroatoms. The second-order valence-electron chi connectivity index (χ2n) is 19.1. The summed E-state index contributed by atoms with van der Waals surface area (Å²) in [5, 5.41) is 0. The van der Waals surface area contributed by atoms with Gasteiger partial charge in [-0.15, -0.1) is 0 Å². The number of carbonyl (C=O) groups excluding carboxylic acids is 2. The Hall–Kier alpha value is -2.81. The summed E-state index contributed by atoms with van der Waals surface area (Å²) in [4.78, 5) is 35.1. The van der Waals surface area contributed by atoms with Crippen LogP contribution in [0.4, 0.5) is 0 Å². The van der Waals surface area contributed by atoms with E-state index in [-0.39, 0.29) is 32.6 Å². The minimum Gasteiger partial charge on any atom is -0.462 e. The van der Waals surface area contributed by atoms with E-state index in [1.165, 1.54) is 122 Å². The average molecular weight is 1010 g/mol. The molecule has 2 unspecified atom stereocenters. The van der Waals surface area contributed by atoms with E-state index >= 15 is 0 Å². The molecule has 0 saturated heterocycles. The van der Waals surface area contributed by atoms with Crippen molar-refractivity contribution in [1.82, 2.24) is 0 Å². The Morgan fingerprint density at radius 1 is 0.423 bits per heavy atom. The molecule has 0 bridgehead atoms. The normalized spacial score (nSPS) is 13.7. The SMILES string of the molecule is CC/C=C\C/C=C\C/C=C\C/C=C\CCCCCCCCCCCCCCCCCCCCCCCCC(=O)OC(COC(=O)CCCCCCC/C=C\C/C=C\C/C=C\CC)COP(=O)(O)OCCN. The van der Waals surface area contributed by atoms with Crippen LogP contribution in [0.2, 0.25) is 0 Å². The first kappa shape index (κ1) is 68.2. The highest BCUT2D eigenvalue weighted by Crippen LogP contribution is 2.43. The first-order valence-corrected chi connectivity index (χ1v) is 30.6. The topological polar surface area (TPSA) is 134 Å². The molecule has 71 heavy (non-hydrogen) atoms. The van der Waals surface area contributed by atoms with Gasteiger partial charge in [0, 0.05) is 19.4 Å². The summed E-state index contributed by atoms with van der Waals surface area (Å²) in [6.07, 6.45) is 73.8. The van der Waals surface area contributed by atoms with Crippen LogP contribution in [0.15, 0.2) is 85.1 Å². The number of rotatable bonds is 54. The van der Waals surface area contributed by atoms with Gasteiger partial charge in [-0.3, -0.25) is 18.6 Å². The van der Waals surface area contributed by atoms with Gasteiger partial charge in [-0.1, -0.05) is 247 Å². The number of carbonyl (C=O) groups is 2. The molecule has 0 aliphatic rings. The molecule has 2 atom stereocenters. The van der Waals surface area contributed by atoms with Crippen LogP contribution in [0.1, 0.15) is 258 Å². The largest absolute Gasteiger partial charge is 0.472 e. The fraction of sp³-hybridized carbons (Fsp3) is 0.738. The molecule has 0 aromatic heterocycles. The molecule has 0 aliphatic heterocycles. The zero-order valence-electron chi connectivity index (χ0n) is 45.7. The van der Waals surface area contributed by atoms with E-state index < -0.39 is 32.5 Å². The number of hydrogen-bond acceptors (Lipinski definition) is 8. The van der Waals surface area contributed by atoms with Crippen LogP contribution < -0.4 is 5.73 Å². The number of ether oxygens (including phenoxy) is 2. The van der Waals surface area contributed by atoms with Crippen LogP contribution in [0.25, 0.3) is 0 Å². The number of unbranched alkanes of at least 4 members (excludes halogenated alkanes) is 27. The van der Waals surface area contributed by atoms with E-state index in [0.29, 0.717) is 12.8 Å². The highest BCUT2D eigenvalue weighted by atomic mass is 31.2. The third-order valence-corrected chi connectivity index (χ3v) is 13.3. The van der Waals surface area contributed by atoms with E-state index in [0.717, 1.165) is 96.3 Å². The number of hydrogen-bond donors (Lipinski definition) is 2. The van der Waals surface area contributed by atoms with Crippen LogP contribution in [-0.4, -0.2) is 49.3 Å². The number of nitrogens with two attached hydrogens (primary N) is 1. The van der Waals surface area contributed by atoms with Crippen LogP contribution in [0.3, 0.4) is 0 Å². The second-order valence-corrected chi connectivity index (χ2v) is 20.6. The van der Waals surface area contributed by atoms with Gasteiger partial charge in [0.2, 0.25) is 0 Å². The maximum absolute atomic E-state index is 12.7. The van der Waals surface area contributed by atoms with Gasteiger partial charge in [0.1, 0.15) is 6.61 Å². The molecule has 0 aromatic carbocycles. The second kappa shape index (κ2) is 56.5. The summed E-state index contributed by atoms with van der Waals surface area (Å²) in [5.74, 6) is -0.843. The molecule has 0 saturated carbocycles. The molecule has 0 fully saturated rings. The van der Waals surface area contributed by atoms with Gasteiger partial charge in [-0.25, -0.2) is 4.57 Å². The summed E-state index contributed by atoms with van der Waals surface area (Å²) in [5.41, 5.74) is 5.37. The van der Waals surface area contributed by atoms with Gasteiger partial charge in [-0.05, 0) is 83.5 Å². The Balaban J connectivity index is 3.85. The number of phosphoric acid groups is 1. The van der Waals surface area contributed by atoms with Crippen LogP contribution in [0.5, 0.6) is 0 Å². The number of phosphoric ester groups is 1. The minimum absolute atomic E-state index is 0.0491. The lowest BCUT2D eigenvalue weighted by Gasteiger charge is -2.19. The Morgan fingerprint density at radius 3 is 1.08 bits per heavy atom. The van der Waals surface area contributed by atoms with Crippen molar-refractivity contribution >= 4 is 19.8 Å². The Morgan fingerprint density at radius 2 is 0.732 bits per heavy atom. The Bertz CT molecular complexity index is 1440. The third-order valence-electron chi connectivity index (χ3n) is 12.3. The lowest BCUT2D eigenvalue weighted by atomic mass is 10.0. The van der Waals surface area contributed by atoms with Crippen LogP contribution in [0, 0.1) is 0 Å². The van der Waals surface area contributed by atoms with E-state index in [4.69, 9.17) is 24.3 Å². The van der Waals surface area contributed by atoms with Crippen molar-refractivity contribution < 1.29 is 37.6 Å². The molecule has 3 N–H and O–H groups in total. The predicted octanol–water partition coefficient (Wildman–Crippen LogP) is 18.3. The van der Waals surface area contributed by atoms with Gasteiger partial charge < -0.3 is 20.1 Å². The lowest BCUT2D eigenvalue weighted by molar-refractivity contribution is -0.161. The molecule has 0 spiro atoms. The predicted molar refractivity (Wildman–Crippen MR) is 302 cm³/mol. The molecule has 0 amide bonds. The summed E-state index contributed by atoms with van der Waals surface area (Å²) >= 11 is 0. The van der Waals surface area contributed by atoms with Gasteiger partial charge in [0.15, 0.2) is 6.10 Å². The smallest absolute Gasteiger partial charge is 0.462 e. The Labute approximate surface area is 436 Å². The van der Waals surface area contributed by atoms with E-state index in [1.54, 1.807) is 0 Å². The molecular formula is C61H108NO8P. The first-order valence-electron chi connectivity index (χ1n) is 29.1. The van der Waals surface area contributed by atoms with Crippen molar-refractivity contribution in [2.45, 2.75) is 264 Å². The highest BCUT2D eigenvalue weighted by Gasteiger charge is 2.26. The maximum Gasteiger partial charge on any atom is 0.472 e. The zero-order valence-corrected chi connectivity index (χ0v) is 46.6. The van der Waals surface area contributed by atoms with Gasteiger partial charge in [-0.2, -0.15) is 0 Å². The summed E-state index contributed by atoms with van der Waals surface area (Å²) in [7, 11) is -4.39. The molecule has 0 rings (SSSR count). The quantitative estimate of drug-likeness (QED) is 0.0264. The molecule has 0 heterocycles. The molecule has 410 valence electrons. The fourth-order valence-electron chi connectivity index (χ4n) is 8.05. The van der Waals surface area contributed by atoms with Crippen LogP contribution in [-0.2, 0) is 32.7 Å². The van der Waals surface area contributed by atoms with Crippen LogP contribution >= 0.6 is 7.82 Å². The van der Waals surface area contributed by atoms with E-state index in [1.807, 2.05) is 0 Å². The van der Waals surface area contributed by atoms with E-state index in [2.05, 4.69) is 98.9 Å². The Kier molecular flexibility index (Phi) is 54.2. The highest BCUT2D eigenvalue weighted by molar-refractivity contribution is 7.47. The maximum atomic E-state index is 12.7. The number of allylic oxidation sites excluding steroid dienone is 14. The van der Waals surface area contributed by atoms with E-state index in [9.17, 15) is 19.0 Å². The van der Waals surface area contributed by atoms with Crippen molar-refractivity contribution in [3.8, 4) is 0 Å². The van der Waals surface area contributed by atoms with Crippen molar-refractivity contribution in [2.24, 2.45) is 5.73 Å². The monoisotopic (exact) mass is 1010 g/mol. The summed E-state index contributed by atoms with van der Waals surface area (Å²) < 4.78 is 33.0. The molecule has 0 aliphatic carbocycles. The number of esters is 2. The average Bonchev–Trinajstić information content (AvgIpc) is 3.36. The van der Waals surface area contributed by atoms with Crippen molar-refractivity contribution in [3.05, 3.63) is 85.1 Å². The first-order chi connectivity index (χ1) is 34.8. The summed E-state index contributed by atoms with van der Waals surface area (Å²) in [6.45, 7) is 3.51. The molecule has 9 nitrogen and oxygen atoms in total. The summed E-state index contributed by atoms with van der Waals surface area (Å²) in [6, 6.07) is 0. The molecule has 0 aromatic rings. The molecule has 0 radical (unpaired) electrons. The van der Waals surface area contributed by atoms with Crippen molar-refractivity contribution in [3.63, 3.8) is 0 Å². The molecular weight excluding hydrogens is 906 g/mol. The fourth-order valence-corrected chi connectivity index (χ4v) is 8.82. The lowest BCUT2D eigenvalue weighted by Crippen LogP contribution is -2.29. The minimum atomic E-state index is -4.39.